The van der Waals surface area contributed by atoms with Gasteiger partial charge in [-0.2, -0.15) is 0 Å². The lowest BCUT2D eigenvalue weighted by Crippen LogP contribution is -2.40. The zero-order valence-electron chi connectivity index (χ0n) is 13.8. The molecule has 128 valence electrons. The Morgan fingerprint density at radius 1 is 1.13 bits per heavy atom. The van der Waals surface area contributed by atoms with Gasteiger partial charge in [-0.05, 0) is 26.2 Å². The highest BCUT2D eigenvalue weighted by atomic mass is 35.5. The van der Waals surface area contributed by atoms with E-state index < -0.39 is 0 Å². The van der Waals surface area contributed by atoms with Crippen LogP contribution in [-0.4, -0.2) is 69.1 Å². The van der Waals surface area contributed by atoms with Crippen molar-refractivity contribution < 1.29 is 19.1 Å². The monoisotopic (exact) mass is 342 g/mol. The quantitative estimate of drug-likeness (QED) is 0.639. The fourth-order valence-corrected chi connectivity index (χ4v) is 1.99. The van der Waals surface area contributed by atoms with E-state index in [1.807, 2.05) is 19.0 Å². The number of carbonyl (C=O) groups excluding carboxylic acids is 2. The van der Waals surface area contributed by atoms with Gasteiger partial charge in [0.1, 0.15) is 5.75 Å². The summed E-state index contributed by atoms with van der Waals surface area (Å²) in [5.74, 6) is -0.0848. The average molecular weight is 343 g/mol. The molecule has 0 atom stereocenters. The van der Waals surface area contributed by atoms with Gasteiger partial charge in [0.25, 0.3) is 5.91 Å². The largest absolute Gasteiger partial charge is 0.482 e. The molecule has 23 heavy (non-hydrogen) atoms. The van der Waals surface area contributed by atoms with Crippen LogP contribution in [0.4, 0.5) is 0 Å². The van der Waals surface area contributed by atoms with Gasteiger partial charge in [0, 0.05) is 19.6 Å². The fraction of sp³-hybridized carbons (Fsp3) is 0.500. The van der Waals surface area contributed by atoms with Crippen LogP contribution in [0.5, 0.6) is 5.75 Å². The van der Waals surface area contributed by atoms with Crippen molar-refractivity contribution in [2.24, 2.45) is 0 Å². The molecule has 0 aliphatic heterocycles. The number of methoxy groups -OCH3 is 1. The first kappa shape index (κ1) is 19.3. The minimum atomic E-state index is -0.348. The first-order valence-corrected chi connectivity index (χ1v) is 7.68. The number of amides is 1. The molecule has 1 aromatic carbocycles. The Morgan fingerprint density at radius 2 is 1.83 bits per heavy atom. The summed E-state index contributed by atoms with van der Waals surface area (Å²) < 4.78 is 10.1. The lowest BCUT2D eigenvalue weighted by Gasteiger charge is -2.24. The van der Waals surface area contributed by atoms with Gasteiger partial charge in [-0.25, -0.2) is 0 Å². The summed E-state index contributed by atoms with van der Waals surface area (Å²) >= 11 is 5.99. The normalized spacial score (nSPS) is 10.5. The highest BCUT2D eigenvalue weighted by Crippen LogP contribution is 2.22. The summed E-state index contributed by atoms with van der Waals surface area (Å²) in [5, 5.41) is 0.453. The van der Waals surface area contributed by atoms with E-state index in [0.29, 0.717) is 30.4 Å². The number of carbonyl (C=O) groups is 2. The van der Waals surface area contributed by atoms with Crippen molar-refractivity contribution in [2.75, 3.05) is 47.4 Å². The van der Waals surface area contributed by atoms with Crippen LogP contribution in [0.25, 0.3) is 0 Å². The van der Waals surface area contributed by atoms with Gasteiger partial charge in [-0.15, -0.1) is 0 Å². The van der Waals surface area contributed by atoms with Crippen LogP contribution in [-0.2, 0) is 14.3 Å². The first-order chi connectivity index (χ1) is 10.9. The summed E-state index contributed by atoms with van der Waals surface area (Å²) in [6, 6.07) is 6.97. The fourth-order valence-electron chi connectivity index (χ4n) is 1.80. The van der Waals surface area contributed by atoms with Crippen molar-refractivity contribution in [3.8, 4) is 5.75 Å². The van der Waals surface area contributed by atoms with E-state index in [-0.39, 0.29) is 24.9 Å². The van der Waals surface area contributed by atoms with Crippen molar-refractivity contribution in [3.63, 3.8) is 0 Å². The Hall–Kier alpha value is -1.79. The predicted molar refractivity (Wildman–Crippen MR) is 88.7 cm³/mol. The molecule has 0 aliphatic rings. The van der Waals surface area contributed by atoms with E-state index in [9.17, 15) is 9.59 Å². The molecule has 1 aromatic rings. The summed E-state index contributed by atoms with van der Waals surface area (Å²) in [7, 11) is 5.17. The second-order valence-electron chi connectivity index (χ2n) is 5.23. The van der Waals surface area contributed by atoms with Crippen LogP contribution in [0.2, 0.25) is 5.02 Å². The highest BCUT2D eigenvalue weighted by Gasteiger charge is 2.16. The Labute approximate surface area is 141 Å². The third-order valence-corrected chi connectivity index (χ3v) is 3.48. The van der Waals surface area contributed by atoms with Crippen LogP contribution in [0.15, 0.2) is 24.3 Å². The molecule has 1 amide bonds. The van der Waals surface area contributed by atoms with Crippen LogP contribution >= 0.6 is 11.6 Å². The van der Waals surface area contributed by atoms with Gasteiger partial charge < -0.3 is 19.3 Å². The third kappa shape index (κ3) is 7.34. The average Bonchev–Trinajstić information content (AvgIpc) is 2.53. The summed E-state index contributed by atoms with van der Waals surface area (Å²) in [4.78, 5) is 27.2. The maximum absolute atomic E-state index is 12.3. The summed E-state index contributed by atoms with van der Waals surface area (Å²) in [6.07, 6.45) is 0.155. The number of ether oxygens (including phenoxy) is 2. The number of benzene rings is 1. The van der Waals surface area contributed by atoms with Crippen molar-refractivity contribution >= 4 is 23.5 Å². The Bertz CT molecular complexity index is 523. The van der Waals surface area contributed by atoms with Crippen LogP contribution in [0, 0.1) is 0 Å². The molecule has 1 rings (SSSR count). The third-order valence-electron chi connectivity index (χ3n) is 3.17. The molecular formula is C16H23ClN2O4. The topological polar surface area (TPSA) is 59.1 Å². The number of halogens is 1. The van der Waals surface area contributed by atoms with Crippen LogP contribution in [0.3, 0.4) is 0 Å². The highest BCUT2D eigenvalue weighted by molar-refractivity contribution is 6.32. The summed E-state index contributed by atoms with van der Waals surface area (Å²) in [6.45, 7) is 1.37. The molecule has 0 unspecified atom stereocenters. The van der Waals surface area contributed by atoms with Gasteiger partial charge in [0.2, 0.25) is 0 Å². The molecule has 7 heteroatoms. The van der Waals surface area contributed by atoms with Gasteiger partial charge in [0.05, 0.1) is 18.6 Å². The van der Waals surface area contributed by atoms with E-state index in [1.54, 1.807) is 29.2 Å². The molecule has 0 heterocycles. The lowest BCUT2D eigenvalue weighted by molar-refractivity contribution is -0.142. The van der Waals surface area contributed by atoms with Crippen LogP contribution < -0.4 is 4.74 Å². The molecule has 0 bridgehead atoms. The van der Waals surface area contributed by atoms with Gasteiger partial charge in [-0.1, -0.05) is 23.7 Å². The predicted octanol–water partition coefficient (Wildman–Crippen LogP) is 1.67. The minimum absolute atomic E-state index is 0.127. The smallest absolute Gasteiger partial charge is 0.307 e. The molecule has 0 spiro atoms. The van der Waals surface area contributed by atoms with Crippen molar-refractivity contribution in [1.29, 1.82) is 0 Å². The van der Waals surface area contributed by atoms with E-state index in [0.717, 1.165) is 0 Å². The summed E-state index contributed by atoms with van der Waals surface area (Å²) in [5.41, 5.74) is 0. The van der Waals surface area contributed by atoms with Gasteiger partial charge in [0.15, 0.2) is 6.61 Å². The molecule has 0 radical (unpaired) electrons. The number of esters is 1. The van der Waals surface area contributed by atoms with Crippen LogP contribution in [0.1, 0.15) is 6.42 Å². The first-order valence-electron chi connectivity index (χ1n) is 7.30. The molecular weight excluding hydrogens is 320 g/mol. The van der Waals surface area contributed by atoms with Crippen molar-refractivity contribution in [1.82, 2.24) is 9.80 Å². The second kappa shape index (κ2) is 10.1. The van der Waals surface area contributed by atoms with E-state index >= 15 is 0 Å². The maximum Gasteiger partial charge on any atom is 0.307 e. The molecule has 6 nitrogen and oxygen atoms in total. The molecule has 0 saturated carbocycles. The Balaban J connectivity index is 2.58. The number of hydrogen-bond acceptors (Lipinski definition) is 5. The number of likely N-dealkylation sites (N-methyl/N-ethyl adjacent to an activating group) is 1. The lowest BCUT2D eigenvalue weighted by atomic mass is 10.3. The number of nitrogens with zero attached hydrogens (tertiary/aromatic N) is 2. The molecule has 0 N–H and O–H groups in total. The molecule has 0 fully saturated rings. The van der Waals surface area contributed by atoms with Crippen molar-refractivity contribution in [3.05, 3.63) is 29.3 Å². The maximum atomic E-state index is 12.3. The van der Waals surface area contributed by atoms with E-state index in [2.05, 4.69) is 4.74 Å². The number of rotatable bonds is 9. The standard InChI is InChI=1S/C16H23ClN2O4/c1-18(2)10-11-19(9-8-16(21)22-3)15(20)12-23-14-7-5-4-6-13(14)17/h4-7H,8-12H2,1-3H3. The van der Waals surface area contributed by atoms with Gasteiger partial charge in [-0.3, -0.25) is 9.59 Å². The minimum Gasteiger partial charge on any atom is -0.482 e. The SMILES string of the molecule is COC(=O)CCN(CCN(C)C)C(=O)COc1ccccc1Cl. The van der Waals surface area contributed by atoms with E-state index in [1.165, 1.54) is 7.11 Å². The zero-order chi connectivity index (χ0) is 17.2. The Morgan fingerprint density at radius 3 is 2.43 bits per heavy atom. The van der Waals surface area contributed by atoms with Crippen molar-refractivity contribution in [2.45, 2.75) is 6.42 Å². The van der Waals surface area contributed by atoms with Gasteiger partial charge >= 0.3 is 5.97 Å². The van der Waals surface area contributed by atoms with E-state index in [4.69, 9.17) is 16.3 Å². The second-order valence-corrected chi connectivity index (χ2v) is 5.64. The molecule has 0 aliphatic carbocycles. The Kier molecular flexibility index (Phi) is 8.43. The number of para-hydroxylation sites is 1. The number of hydrogen-bond donors (Lipinski definition) is 0. The zero-order valence-corrected chi connectivity index (χ0v) is 14.5. The molecule has 0 saturated heterocycles. The molecule has 0 aromatic heterocycles.